The molecule has 9 nitrogen and oxygen atoms in total. The van der Waals surface area contributed by atoms with Gasteiger partial charge in [-0.05, 0) is 34.5 Å². The second-order valence-corrected chi connectivity index (χ2v) is 8.70. The fourth-order valence-electron chi connectivity index (χ4n) is 2.78. The highest BCUT2D eigenvalue weighted by atomic mass is 32.2. The zero-order chi connectivity index (χ0) is 20.7. The van der Waals surface area contributed by atoms with E-state index in [1.54, 1.807) is 37.4 Å². The van der Waals surface area contributed by atoms with Gasteiger partial charge in [-0.15, -0.1) is 5.10 Å². The van der Waals surface area contributed by atoms with Crippen LogP contribution in [0.4, 0.5) is 10.5 Å². The Hall–Kier alpha value is -3.27. The molecule has 0 unspecified atom stereocenters. The van der Waals surface area contributed by atoms with Crippen molar-refractivity contribution in [3.63, 3.8) is 0 Å². The summed E-state index contributed by atoms with van der Waals surface area (Å²) < 4.78 is 25.9. The molecule has 29 heavy (non-hydrogen) atoms. The van der Waals surface area contributed by atoms with E-state index in [1.807, 2.05) is 24.3 Å². The summed E-state index contributed by atoms with van der Waals surface area (Å²) in [6.07, 6.45) is 0.341. The lowest BCUT2D eigenvalue weighted by Gasteiger charge is -2.09. The van der Waals surface area contributed by atoms with Gasteiger partial charge in [0.1, 0.15) is 0 Å². The highest BCUT2D eigenvalue weighted by Gasteiger charge is 2.12. The largest absolute Gasteiger partial charge is 0.338 e. The van der Waals surface area contributed by atoms with Crippen LogP contribution in [0.3, 0.4) is 0 Å². The molecule has 0 saturated heterocycles. The normalized spacial score (nSPS) is 11.2. The van der Waals surface area contributed by atoms with Crippen molar-refractivity contribution >= 4 is 21.6 Å². The van der Waals surface area contributed by atoms with Gasteiger partial charge in [0.05, 0.1) is 11.5 Å². The number of hydrogen-bond donors (Lipinski definition) is 2. The number of carbonyl (C=O) groups is 1. The van der Waals surface area contributed by atoms with Gasteiger partial charge < -0.3 is 10.6 Å². The van der Waals surface area contributed by atoms with Crippen molar-refractivity contribution in [2.24, 2.45) is 7.05 Å². The van der Waals surface area contributed by atoms with Gasteiger partial charge in [-0.2, -0.15) is 0 Å². The molecule has 0 radical (unpaired) electrons. The lowest BCUT2D eigenvalue weighted by Crippen LogP contribution is -2.30. The maximum atomic E-state index is 12.2. The standard InChI is InChI=1S/C19H22N6O3S/c1-25-18(22-23-24-25)16-9-5-10-17(13-16)21-19(26)20-11-6-12-29(27,28)14-15-7-3-2-4-8-15/h2-5,7-10,13H,6,11-12,14H2,1H3,(H2,20,21,26). The molecule has 3 aromatic rings. The summed E-state index contributed by atoms with van der Waals surface area (Å²) >= 11 is 0. The van der Waals surface area contributed by atoms with Gasteiger partial charge in [0.25, 0.3) is 0 Å². The summed E-state index contributed by atoms with van der Waals surface area (Å²) in [7, 11) is -1.49. The molecule has 10 heteroatoms. The summed E-state index contributed by atoms with van der Waals surface area (Å²) in [6.45, 7) is 0.257. The Morgan fingerprint density at radius 2 is 1.90 bits per heavy atom. The highest BCUT2D eigenvalue weighted by Crippen LogP contribution is 2.19. The van der Waals surface area contributed by atoms with Gasteiger partial charge >= 0.3 is 6.03 Å². The molecule has 2 N–H and O–H groups in total. The lowest BCUT2D eigenvalue weighted by atomic mass is 10.2. The molecule has 1 heterocycles. The third-order valence-corrected chi connectivity index (χ3v) is 5.83. The SMILES string of the molecule is Cn1nnnc1-c1cccc(NC(=O)NCCCS(=O)(=O)Cc2ccccc2)c1. The first-order valence-electron chi connectivity index (χ1n) is 9.05. The van der Waals surface area contributed by atoms with E-state index in [4.69, 9.17) is 0 Å². The Balaban J connectivity index is 1.45. The number of aromatic nitrogens is 4. The summed E-state index contributed by atoms with van der Waals surface area (Å²) in [4.78, 5) is 12.1. The van der Waals surface area contributed by atoms with Gasteiger partial charge in [-0.25, -0.2) is 17.9 Å². The molecule has 2 amide bonds. The summed E-state index contributed by atoms with van der Waals surface area (Å²) in [5.74, 6) is 0.596. The van der Waals surface area contributed by atoms with Gasteiger partial charge in [0.2, 0.25) is 0 Å². The van der Waals surface area contributed by atoms with Gasteiger partial charge in [0.15, 0.2) is 15.7 Å². The number of amides is 2. The number of carbonyl (C=O) groups excluding carboxylic acids is 1. The monoisotopic (exact) mass is 414 g/mol. The Labute approximate surface area is 169 Å². The smallest absolute Gasteiger partial charge is 0.319 e. The molecular formula is C19H22N6O3S. The number of aryl methyl sites for hydroxylation is 1. The lowest BCUT2D eigenvalue weighted by molar-refractivity contribution is 0.252. The molecule has 0 aliphatic carbocycles. The van der Waals surface area contributed by atoms with E-state index in [0.717, 1.165) is 11.1 Å². The number of nitrogens with zero attached hydrogens (tertiary/aromatic N) is 4. The van der Waals surface area contributed by atoms with Crippen LogP contribution < -0.4 is 10.6 Å². The number of anilines is 1. The molecule has 0 atom stereocenters. The van der Waals surface area contributed by atoms with E-state index in [9.17, 15) is 13.2 Å². The van der Waals surface area contributed by atoms with Crippen LogP contribution in [0.2, 0.25) is 0 Å². The minimum atomic E-state index is -3.22. The first kappa shape index (κ1) is 20.5. The number of sulfone groups is 1. The molecule has 152 valence electrons. The number of benzene rings is 2. The summed E-state index contributed by atoms with van der Waals surface area (Å²) in [6, 6.07) is 15.8. The predicted octanol–water partition coefficient (Wildman–Crippen LogP) is 2.00. The Bertz CT molecular complexity index is 1070. The van der Waals surface area contributed by atoms with Gasteiger partial charge in [0, 0.05) is 24.8 Å². The average Bonchev–Trinajstić information content (AvgIpc) is 3.12. The van der Waals surface area contributed by atoms with Crippen LogP contribution in [0, 0.1) is 0 Å². The molecule has 3 rings (SSSR count). The zero-order valence-corrected chi connectivity index (χ0v) is 16.8. The third-order valence-electron chi connectivity index (χ3n) is 4.15. The molecule has 0 aliphatic heterocycles. The van der Waals surface area contributed by atoms with Crippen LogP contribution in [-0.4, -0.2) is 47.0 Å². The van der Waals surface area contributed by atoms with Crippen molar-refractivity contribution in [3.05, 3.63) is 60.2 Å². The summed E-state index contributed by atoms with van der Waals surface area (Å²) in [5.41, 5.74) is 2.11. The van der Waals surface area contributed by atoms with Crippen molar-refractivity contribution in [2.75, 3.05) is 17.6 Å². The van der Waals surface area contributed by atoms with Crippen LogP contribution in [0.15, 0.2) is 54.6 Å². The van der Waals surface area contributed by atoms with Gasteiger partial charge in [-0.1, -0.05) is 42.5 Å². The van der Waals surface area contributed by atoms with Crippen molar-refractivity contribution in [2.45, 2.75) is 12.2 Å². The fourth-order valence-corrected chi connectivity index (χ4v) is 4.21. The molecule has 0 spiro atoms. The van der Waals surface area contributed by atoms with Crippen LogP contribution >= 0.6 is 0 Å². The molecule has 0 aliphatic rings. The Kier molecular flexibility index (Phi) is 6.55. The molecule has 2 aromatic carbocycles. The third kappa shape index (κ3) is 6.11. The van der Waals surface area contributed by atoms with E-state index >= 15 is 0 Å². The van der Waals surface area contributed by atoms with E-state index in [-0.39, 0.29) is 18.1 Å². The minimum absolute atomic E-state index is 0.00370. The Morgan fingerprint density at radius 3 is 2.62 bits per heavy atom. The van der Waals surface area contributed by atoms with Gasteiger partial charge in [-0.3, -0.25) is 0 Å². The van der Waals surface area contributed by atoms with Crippen molar-refractivity contribution in [1.29, 1.82) is 0 Å². The molecule has 1 aromatic heterocycles. The topological polar surface area (TPSA) is 119 Å². The van der Waals surface area contributed by atoms with Crippen LogP contribution in [0.5, 0.6) is 0 Å². The summed E-state index contributed by atoms with van der Waals surface area (Å²) in [5, 5.41) is 16.7. The quantitative estimate of drug-likeness (QED) is 0.544. The van der Waals surface area contributed by atoms with E-state index in [2.05, 4.69) is 26.2 Å². The van der Waals surface area contributed by atoms with Crippen molar-refractivity contribution < 1.29 is 13.2 Å². The predicted molar refractivity (Wildman–Crippen MR) is 110 cm³/mol. The van der Waals surface area contributed by atoms with Crippen LogP contribution in [0.25, 0.3) is 11.4 Å². The number of nitrogens with one attached hydrogen (secondary N) is 2. The second kappa shape index (κ2) is 9.28. The molecular weight excluding hydrogens is 392 g/mol. The second-order valence-electron chi connectivity index (χ2n) is 6.52. The maximum Gasteiger partial charge on any atom is 0.319 e. The van der Waals surface area contributed by atoms with Crippen LogP contribution in [-0.2, 0) is 22.6 Å². The van der Waals surface area contributed by atoms with E-state index < -0.39 is 15.9 Å². The first-order valence-corrected chi connectivity index (χ1v) is 10.9. The number of urea groups is 1. The molecule has 0 saturated carbocycles. The fraction of sp³-hybridized carbons (Fsp3) is 0.263. The number of tetrazole rings is 1. The zero-order valence-electron chi connectivity index (χ0n) is 15.9. The van der Waals surface area contributed by atoms with Crippen molar-refractivity contribution in [3.8, 4) is 11.4 Å². The Morgan fingerprint density at radius 1 is 1.10 bits per heavy atom. The first-order chi connectivity index (χ1) is 13.9. The minimum Gasteiger partial charge on any atom is -0.338 e. The maximum absolute atomic E-state index is 12.2. The number of rotatable bonds is 8. The number of hydrogen-bond acceptors (Lipinski definition) is 6. The van der Waals surface area contributed by atoms with Crippen molar-refractivity contribution in [1.82, 2.24) is 25.5 Å². The van der Waals surface area contributed by atoms with E-state index in [0.29, 0.717) is 17.9 Å². The molecule has 0 bridgehead atoms. The molecule has 0 fully saturated rings. The van der Waals surface area contributed by atoms with E-state index in [1.165, 1.54) is 4.68 Å². The van der Waals surface area contributed by atoms with Crippen LogP contribution in [0.1, 0.15) is 12.0 Å². The average molecular weight is 414 g/mol. The highest BCUT2D eigenvalue weighted by molar-refractivity contribution is 7.90.